The van der Waals surface area contributed by atoms with Crippen LogP contribution in [0.2, 0.25) is 0 Å². The monoisotopic (exact) mass is 721 g/mol. The SMILES string of the molecule is CC1(C)c2ccccc2-c2ccc(N(c3cccc(-c4ccccc4)c3)c3ccc4c(c3)-c3ccc(-c5ccccc5)cc3C43C4CC5CC(C4)CC3C5)cc21. The van der Waals surface area contributed by atoms with Crippen molar-refractivity contribution in [2.75, 3.05) is 4.90 Å². The molecule has 13 rings (SSSR count). The third-order valence-electron chi connectivity index (χ3n) is 15.0. The molecule has 4 saturated carbocycles. The van der Waals surface area contributed by atoms with Crippen LogP contribution < -0.4 is 4.90 Å². The van der Waals surface area contributed by atoms with E-state index in [0.717, 1.165) is 23.7 Å². The molecular formula is C55H47N. The molecule has 56 heavy (non-hydrogen) atoms. The summed E-state index contributed by atoms with van der Waals surface area (Å²) in [5.41, 5.74) is 20.4. The molecule has 0 saturated heterocycles. The fourth-order valence-corrected chi connectivity index (χ4v) is 12.9. The predicted molar refractivity (Wildman–Crippen MR) is 233 cm³/mol. The average Bonchev–Trinajstić information content (AvgIpc) is 3.65. The van der Waals surface area contributed by atoms with Crippen molar-refractivity contribution in [3.05, 3.63) is 186 Å². The van der Waals surface area contributed by atoms with Gasteiger partial charge in [-0.15, -0.1) is 0 Å². The first-order valence-electron chi connectivity index (χ1n) is 21.0. The Morgan fingerprint density at radius 3 is 1.66 bits per heavy atom. The number of benzene rings is 7. The zero-order valence-electron chi connectivity index (χ0n) is 32.4. The van der Waals surface area contributed by atoms with E-state index >= 15 is 0 Å². The summed E-state index contributed by atoms with van der Waals surface area (Å²) in [4.78, 5) is 2.53. The molecule has 0 radical (unpaired) electrons. The van der Waals surface area contributed by atoms with E-state index in [9.17, 15) is 0 Å². The zero-order chi connectivity index (χ0) is 37.2. The van der Waals surface area contributed by atoms with Gasteiger partial charge in [0.05, 0.1) is 0 Å². The summed E-state index contributed by atoms with van der Waals surface area (Å²) in [6, 6.07) is 62.4. The Labute approximate surface area is 331 Å². The maximum Gasteiger partial charge on any atom is 0.0468 e. The summed E-state index contributed by atoms with van der Waals surface area (Å²) in [5.74, 6) is 3.26. The fraction of sp³-hybridized carbons (Fsp3) is 0.236. The van der Waals surface area contributed by atoms with Crippen molar-refractivity contribution in [3.63, 3.8) is 0 Å². The Bertz CT molecular complexity index is 2660. The number of nitrogens with zero attached hydrogens (tertiary/aromatic N) is 1. The maximum absolute atomic E-state index is 2.62. The van der Waals surface area contributed by atoms with Gasteiger partial charge >= 0.3 is 0 Å². The van der Waals surface area contributed by atoms with Crippen LogP contribution in [0.25, 0.3) is 44.5 Å². The molecule has 1 spiro atoms. The highest BCUT2D eigenvalue weighted by atomic mass is 15.1. The minimum absolute atomic E-state index is 0.0846. The zero-order valence-corrected chi connectivity index (χ0v) is 32.4. The highest BCUT2D eigenvalue weighted by Crippen LogP contribution is 2.70. The summed E-state index contributed by atoms with van der Waals surface area (Å²) >= 11 is 0. The van der Waals surface area contributed by atoms with Crippen LogP contribution in [-0.4, -0.2) is 0 Å². The minimum Gasteiger partial charge on any atom is -0.310 e. The molecule has 6 aliphatic carbocycles. The van der Waals surface area contributed by atoms with Crippen molar-refractivity contribution in [3.8, 4) is 44.5 Å². The van der Waals surface area contributed by atoms with Gasteiger partial charge in [-0.05, 0) is 165 Å². The molecule has 0 aliphatic heterocycles. The molecule has 4 bridgehead atoms. The lowest BCUT2D eigenvalue weighted by Gasteiger charge is -2.61. The maximum atomic E-state index is 2.62. The van der Waals surface area contributed by atoms with Crippen LogP contribution in [0.3, 0.4) is 0 Å². The fourth-order valence-electron chi connectivity index (χ4n) is 12.9. The number of fused-ring (bicyclic) bond motifs is 6. The quantitative estimate of drug-likeness (QED) is 0.171. The van der Waals surface area contributed by atoms with Crippen LogP contribution in [0.5, 0.6) is 0 Å². The molecule has 0 atom stereocenters. The van der Waals surface area contributed by atoms with E-state index < -0.39 is 0 Å². The molecule has 7 aromatic carbocycles. The van der Waals surface area contributed by atoms with Crippen LogP contribution in [-0.2, 0) is 10.8 Å². The molecule has 0 aromatic heterocycles. The number of hydrogen-bond donors (Lipinski definition) is 0. The molecule has 0 heterocycles. The second-order valence-corrected chi connectivity index (χ2v) is 18.2. The molecule has 0 unspecified atom stereocenters. The van der Waals surface area contributed by atoms with Crippen molar-refractivity contribution >= 4 is 17.1 Å². The van der Waals surface area contributed by atoms with Crippen molar-refractivity contribution in [1.29, 1.82) is 0 Å². The van der Waals surface area contributed by atoms with Gasteiger partial charge in [0, 0.05) is 27.9 Å². The smallest absolute Gasteiger partial charge is 0.0468 e. The van der Waals surface area contributed by atoms with Crippen LogP contribution in [0.15, 0.2) is 164 Å². The summed E-state index contributed by atoms with van der Waals surface area (Å²) in [7, 11) is 0. The van der Waals surface area contributed by atoms with E-state index in [2.05, 4.69) is 183 Å². The first-order valence-corrected chi connectivity index (χ1v) is 21.0. The van der Waals surface area contributed by atoms with Gasteiger partial charge in [-0.3, -0.25) is 0 Å². The van der Waals surface area contributed by atoms with Gasteiger partial charge in [-0.2, -0.15) is 0 Å². The highest BCUT2D eigenvalue weighted by Gasteiger charge is 2.61. The van der Waals surface area contributed by atoms with Crippen molar-refractivity contribution in [1.82, 2.24) is 0 Å². The minimum atomic E-state index is -0.0846. The molecule has 4 fully saturated rings. The van der Waals surface area contributed by atoms with Gasteiger partial charge in [0.25, 0.3) is 0 Å². The first kappa shape index (κ1) is 32.6. The van der Waals surface area contributed by atoms with E-state index in [1.165, 1.54) is 105 Å². The molecule has 1 nitrogen and oxygen atoms in total. The molecule has 6 aliphatic rings. The number of rotatable bonds is 5. The molecule has 272 valence electrons. The first-order chi connectivity index (χ1) is 27.5. The van der Waals surface area contributed by atoms with E-state index in [0.29, 0.717) is 0 Å². The van der Waals surface area contributed by atoms with Gasteiger partial charge in [-0.1, -0.05) is 135 Å². The van der Waals surface area contributed by atoms with Crippen LogP contribution in [0.1, 0.15) is 68.2 Å². The van der Waals surface area contributed by atoms with E-state index in [4.69, 9.17) is 0 Å². The lowest BCUT2D eigenvalue weighted by atomic mass is 9.43. The summed E-state index contributed by atoms with van der Waals surface area (Å²) in [5, 5.41) is 0. The van der Waals surface area contributed by atoms with Crippen molar-refractivity contribution in [2.24, 2.45) is 23.7 Å². The van der Waals surface area contributed by atoms with Gasteiger partial charge in [-0.25, -0.2) is 0 Å². The lowest BCUT2D eigenvalue weighted by Crippen LogP contribution is -2.55. The van der Waals surface area contributed by atoms with Crippen LogP contribution >= 0.6 is 0 Å². The third kappa shape index (κ3) is 4.55. The van der Waals surface area contributed by atoms with Crippen LogP contribution in [0, 0.1) is 23.7 Å². The Kier molecular flexibility index (Phi) is 6.93. The summed E-state index contributed by atoms with van der Waals surface area (Å²) in [6.07, 6.45) is 7.00. The Balaban J connectivity index is 1.06. The molecule has 1 heteroatoms. The lowest BCUT2D eigenvalue weighted by molar-refractivity contribution is -0.0399. The standard InChI is InChI=1S/C55H47N/c1-54(2)50-19-10-9-18-46(50)47-24-21-45(34-52(47)54)56(43-17-11-16-39(31-43)37-12-5-3-6-13-37)44-22-25-51-49(33-44)48-23-20-40(38-14-7-4-8-15-38)32-53(48)55(51)41-27-35-26-36(29-41)30-42(55)28-35/h3-25,31-36,41-42H,26-30H2,1-2H3. The van der Waals surface area contributed by atoms with Gasteiger partial charge < -0.3 is 4.90 Å². The van der Waals surface area contributed by atoms with Crippen molar-refractivity contribution in [2.45, 2.75) is 56.8 Å². The van der Waals surface area contributed by atoms with E-state index in [1.54, 1.807) is 11.1 Å². The van der Waals surface area contributed by atoms with Crippen molar-refractivity contribution < 1.29 is 0 Å². The number of anilines is 3. The topological polar surface area (TPSA) is 3.24 Å². The Morgan fingerprint density at radius 2 is 0.929 bits per heavy atom. The summed E-state index contributed by atoms with van der Waals surface area (Å²) < 4.78 is 0. The number of hydrogen-bond acceptors (Lipinski definition) is 1. The van der Waals surface area contributed by atoms with Gasteiger partial charge in [0.15, 0.2) is 0 Å². The average molecular weight is 722 g/mol. The molecule has 7 aromatic rings. The summed E-state index contributed by atoms with van der Waals surface area (Å²) in [6.45, 7) is 4.78. The van der Waals surface area contributed by atoms with E-state index in [1.807, 2.05) is 0 Å². The molecular weight excluding hydrogens is 675 g/mol. The van der Waals surface area contributed by atoms with Gasteiger partial charge in [0.1, 0.15) is 0 Å². The molecule has 0 N–H and O–H groups in total. The largest absolute Gasteiger partial charge is 0.310 e. The second kappa shape index (κ2) is 11.9. The Morgan fingerprint density at radius 1 is 0.375 bits per heavy atom. The van der Waals surface area contributed by atoms with Crippen LogP contribution in [0.4, 0.5) is 17.1 Å². The predicted octanol–water partition coefficient (Wildman–Crippen LogP) is 14.5. The second-order valence-electron chi connectivity index (χ2n) is 18.2. The Hall–Kier alpha value is -5.66. The van der Waals surface area contributed by atoms with Gasteiger partial charge in [0.2, 0.25) is 0 Å². The normalized spacial score (nSPS) is 24.1. The van der Waals surface area contributed by atoms with E-state index in [-0.39, 0.29) is 10.8 Å². The highest BCUT2D eigenvalue weighted by molar-refractivity contribution is 5.91. The third-order valence-corrected chi connectivity index (χ3v) is 15.0. The molecule has 0 amide bonds.